The molecule has 21 heteroatoms. The van der Waals surface area contributed by atoms with Gasteiger partial charge in [0.05, 0.1) is 33.6 Å². The van der Waals surface area contributed by atoms with Crippen LogP contribution in [0.25, 0.3) is 22.4 Å². The molecule has 4 N–H and O–H groups in total. The Morgan fingerprint density at radius 3 is 2.14 bits per heavy atom. The lowest BCUT2D eigenvalue weighted by molar-refractivity contribution is -0.0436. The van der Waals surface area contributed by atoms with E-state index in [0.29, 0.717) is 110 Å². The molecule has 8 rings (SSSR count). The molecule has 2 saturated heterocycles. The number of anilines is 4. The molecule has 1 aromatic heterocycles. The molecule has 0 saturated carbocycles. The van der Waals surface area contributed by atoms with Crippen molar-refractivity contribution in [3.63, 3.8) is 0 Å². The van der Waals surface area contributed by atoms with Crippen LogP contribution < -0.4 is 19.8 Å². The number of hydrogen-bond donors (Lipinski definition) is 4. The summed E-state index contributed by atoms with van der Waals surface area (Å²) in [6.07, 6.45) is 1.19. The first-order chi connectivity index (χ1) is 34.2. The van der Waals surface area contributed by atoms with Crippen LogP contribution >= 0.6 is 23.4 Å². The number of nitrogens with one attached hydrogen (secondary N) is 2. The van der Waals surface area contributed by atoms with Gasteiger partial charge in [0.2, 0.25) is 0 Å². The molecule has 382 valence electrons. The quantitative estimate of drug-likeness (QED) is 0.0506. The van der Waals surface area contributed by atoms with E-state index in [-0.39, 0.29) is 28.1 Å². The highest BCUT2D eigenvalue weighted by molar-refractivity contribution is 7.99. The molecule has 0 unspecified atom stereocenters. The number of sulfone groups is 1. The number of aromatic carboxylic acids is 1. The zero-order chi connectivity index (χ0) is 51.5. The Balaban J connectivity index is 0.971. The number of carboxylic acids is 1. The molecule has 6 aromatic rings. The summed E-state index contributed by atoms with van der Waals surface area (Å²) in [4.78, 5) is 17.6. The van der Waals surface area contributed by atoms with Gasteiger partial charge in [-0.2, -0.15) is 13.2 Å². The lowest BCUT2D eigenvalue weighted by Crippen LogP contribution is -2.46. The third-order valence-electron chi connectivity index (χ3n) is 13.1. The fraction of sp³-hybridized carbons (Fsp3) is 0.314. The van der Waals surface area contributed by atoms with Gasteiger partial charge in [-0.3, -0.25) is 4.72 Å². The number of thioether (sulfide) groups is 1. The number of alkyl halides is 3. The minimum Gasteiger partial charge on any atom is -0.478 e. The zero-order valence-electron chi connectivity index (χ0n) is 39.2. The van der Waals surface area contributed by atoms with Gasteiger partial charge in [0, 0.05) is 103 Å². The van der Waals surface area contributed by atoms with Crippen molar-refractivity contribution in [3.8, 4) is 22.4 Å². The Kier molecular flexibility index (Phi) is 15.9. The summed E-state index contributed by atoms with van der Waals surface area (Å²) < 4.78 is 118. The summed E-state index contributed by atoms with van der Waals surface area (Å²) in [5, 5.41) is 23.8. The van der Waals surface area contributed by atoms with E-state index in [1.54, 1.807) is 73.1 Å². The van der Waals surface area contributed by atoms with Crippen molar-refractivity contribution in [2.45, 2.75) is 58.5 Å². The topological polar surface area (TPSA) is 165 Å². The van der Waals surface area contributed by atoms with Crippen LogP contribution in [0.1, 0.15) is 35.3 Å². The normalized spacial score (nSPS) is 15.7. The number of hydrogen-bond acceptors (Lipinski definition) is 11. The molecule has 0 bridgehead atoms. The molecule has 2 aliphatic rings. The third-order valence-corrected chi connectivity index (χ3v) is 17.5. The van der Waals surface area contributed by atoms with E-state index in [9.17, 15) is 45.0 Å². The van der Waals surface area contributed by atoms with E-state index in [4.69, 9.17) is 11.6 Å². The molecule has 72 heavy (non-hydrogen) atoms. The van der Waals surface area contributed by atoms with Crippen molar-refractivity contribution in [2.75, 3.05) is 71.4 Å². The molecule has 2 aliphatic heterocycles. The lowest BCUT2D eigenvalue weighted by atomic mass is 9.95. The molecule has 0 aliphatic carbocycles. The smallest absolute Gasteiger partial charge is 0.478 e. The number of carbonyl (C=O) groups is 1. The lowest BCUT2D eigenvalue weighted by Gasteiger charge is -2.37. The maximum atomic E-state index is 16.8. The predicted molar refractivity (Wildman–Crippen MR) is 275 cm³/mol. The number of piperidine rings is 1. The number of piperazine rings is 1. The molecule has 5 aromatic carbocycles. The summed E-state index contributed by atoms with van der Waals surface area (Å²) >= 11 is 7.59. The Labute approximate surface area is 425 Å². The number of nitrogens with zero attached hydrogens (tertiary/aromatic N) is 4. The number of aliphatic hydroxyl groups is 1. The standard InChI is InChI=1S/C51H53ClF4N6O7S3/c1-33-46(50(64)65)47(49(59(33)2)34-11-13-35(52)14-12-34)42-9-6-10-44(48(42)53)62-29-27-61(28-30-62)38-17-15-36(16-18-38)58-72(68,69)41-19-20-43(45(31-41)71(66,67)51(54,55)56)57-37(32-70-40-7-4-3-5-8-40)21-24-60-25-22-39(63)23-26-60/h3-20,31,37,39,57-58,63H,21-30,32H2,1-2H3,(H,64,65)/t37-/m1/s1. The number of carboxylic acid groups (broad SMARTS) is 1. The van der Waals surface area contributed by atoms with Crippen molar-refractivity contribution in [1.82, 2.24) is 9.47 Å². The van der Waals surface area contributed by atoms with Crippen LogP contribution in [0.15, 0.2) is 130 Å². The highest BCUT2D eigenvalue weighted by Crippen LogP contribution is 2.43. The summed E-state index contributed by atoms with van der Waals surface area (Å²) in [5.74, 6) is -1.41. The number of rotatable bonds is 17. The molecule has 3 heterocycles. The SMILES string of the molecule is Cc1c(C(=O)O)c(-c2cccc(N3CCN(c4ccc(NS(=O)(=O)c5ccc(N[C@H](CCN6CCC(O)CC6)CSc6ccccc6)c(S(=O)(=O)C(F)(F)F)c5)cc4)CC3)c2F)c(-c2ccc(Cl)cc2)n1C. The first-order valence-corrected chi connectivity index (χ1v) is 27.4. The first-order valence-electron chi connectivity index (χ1n) is 23.1. The minimum atomic E-state index is -6.05. The molecule has 1 atom stereocenters. The van der Waals surface area contributed by atoms with E-state index in [0.717, 1.165) is 17.0 Å². The highest BCUT2D eigenvalue weighted by Gasteiger charge is 2.48. The highest BCUT2D eigenvalue weighted by atomic mass is 35.5. The van der Waals surface area contributed by atoms with Gasteiger partial charge in [-0.15, -0.1) is 11.8 Å². The average molecular weight is 1070 g/mol. The molecule has 13 nitrogen and oxygen atoms in total. The van der Waals surface area contributed by atoms with Gasteiger partial charge >= 0.3 is 11.5 Å². The Hall–Kier alpha value is -5.77. The predicted octanol–water partition coefficient (Wildman–Crippen LogP) is 10.00. The van der Waals surface area contributed by atoms with Gasteiger partial charge < -0.3 is 34.8 Å². The van der Waals surface area contributed by atoms with E-state index in [2.05, 4.69) is 14.9 Å². The van der Waals surface area contributed by atoms with Crippen LogP contribution in [0.4, 0.5) is 40.3 Å². The summed E-state index contributed by atoms with van der Waals surface area (Å²) in [6, 6.07) is 29.5. The summed E-state index contributed by atoms with van der Waals surface area (Å²) in [5.41, 5.74) is -3.05. The van der Waals surface area contributed by atoms with Gasteiger partial charge in [0.15, 0.2) is 5.82 Å². The molecule has 0 amide bonds. The fourth-order valence-corrected chi connectivity index (χ4v) is 12.4. The molecular weight excluding hydrogens is 1020 g/mol. The average Bonchev–Trinajstić information content (AvgIpc) is 3.62. The number of aliphatic hydroxyl groups excluding tert-OH is 1. The van der Waals surface area contributed by atoms with Crippen LogP contribution in [0.3, 0.4) is 0 Å². The van der Waals surface area contributed by atoms with Crippen molar-refractivity contribution >= 4 is 71.9 Å². The first kappa shape index (κ1) is 52.5. The second kappa shape index (κ2) is 21.8. The Bertz CT molecular complexity index is 3130. The van der Waals surface area contributed by atoms with Gasteiger partial charge in [-0.25, -0.2) is 26.0 Å². The van der Waals surface area contributed by atoms with Gasteiger partial charge in [0.25, 0.3) is 19.9 Å². The summed E-state index contributed by atoms with van der Waals surface area (Å²) in [6.45, 7) is 5.09. The van der Waals surface area contributed by atoms with E-state index in [1.807, 2.05) is 40.1 Å². The number of benzene rings is 5. The molecular formula is C51H53ClF4N6O7S3. The van der Waals surface area contributed by atoms with Crippen LogP contribution in [-0.4, -0.2) is 112 Å². The van der Waals surface area contributed by atoms with Crippen LogP contribution in [0.2, 0.25) is 5.02 Å². The van der Waals surface area contributed by atoms with Crippen LogP contribution in [0, 0.1) is 12.7 Å². The number of aromatic nitrogens is 1. The largest absolute Gasteiger partial charge is 0.501 e. The molecule has 0 radical (unpaired) electrons. The van der Waals surface area contributed by atoms with E-state index in [1.165, 1.54) is 23.9 Å². The van der Waals surface area contributed by atoms with Crippen molar-refractivity contribution in [2.24, 2.45) is 7.05 Å². The monoisotopic (exact) mass is 1070 g/mol. The van der Waals surface area contributed by atoms with Crippen molar-refractivity contribution in [1.29, 1.82) is 0 Å². The maximum absolute atomic E-state index is 16.8. The van der Waals surface area contributed by atoms with Gasteiger partial charge in [-0.05, 0) is 105 Å². The van der Waals surface area contributed by atoms with Crippen molar-refractivity contribution in [3.05, 3.63) is 137 Å². The maximum Gasteiger partial charge on any atom is 0.501 e. The third kappa shape index (κ3) is 11.5. The fourth-order valence-electron chi connectivity index (χ4n) is 9.14. The Morgan fingerprint density at radius 2 is 1.50 bits per heavy atom. The van der Waals surface area contributed by atoms with Gasteiger partial charge in [0.1, 0.15) is 4.90 Å². The summed E-state index contributed by atoms with van der Waals surface area (Å²) in [7, 11) is -8.95. The van der Waals surface area contributed by atoms with Crippen LogP contribution in [0.5, 0.6) is 0 Å². The second-order valence-corrected chi connectivity index (χ2v) is 22.9. The van der Waals surface area contributed by atoms with E-state index < -0.39 is 59.1 Å². The number of halogens is 5. The number of sulfonamides is 1. The minimum absolute atomic E-state index is 0.0143. The molecule has 0 spiro atoms. The zero-order valence-corrected chi connectivity index (χ0v) is 42.4. The molecule has 2 fully saturated rings. The second-order valence-electron chi connectivity index (χ2n) is 17.8. The van der Waals surface area contributed by atoms with Crippen LogP contribution in [-0.2, 0) is 26.9 Å². The number of likely N-dealkylation sites (tertiary alicyclic amines) is 1. The van der Waals surface area contributed by atoms with Gasteiger partial charge in [-0.1, -0.05) is 54.1 Å². The van der Waals surface area contributed by atoms with E-state index >= 15 is 4.39 Å². The van der Waals surface area contributed by atoms with Crippen molar-refractivity contribution < 1.29 is 49.4 Å². The Morgan fingerprint density at radius 1 is 0.847 bits per heavy atom.